The van der Waals surface area contributed by atoms with E-state index in [9.17, 15) is 23.6 Å². The molecule has 0 spiro atoms. The predicted molar refractivity (Wildman–Crippen MR) is 107 cm³/mol. The topological polar surface area (TPSA) is 151 Å². The van der Waals surface area contributed by atoms with E-state index in [1.54, 1.807) is 12.1 Å². The normalized spacial score (nSPS) is 11.5. The number of hydrogen-bond donors (Lipinski definition) is 3. The number of hydrazone groups is 1. The molecule has 0 saturated heterocycles. The van der Waals surface area contributed by atoms with Crippen molar-refractivity contribution < 1.29 is 18.4 Å². The van der Waals surface area contributed by atoms with Gasteiger partial charge in [-0.2, -0.15) is 5.10 Å². The molecule has 0 heterocycles. The molecule has 0 amide bonds. The summed E-state index contributed by atoms with van der Waals surface area (Å²) in [5, 5.41) is 30.2. The Morgan fingerprint density at radius 1 is 1.25 bits per heavy atom. The summed E-state index contributed by atoms with van der Waals surface area (Å²) in [6.45, 7) is 5.61. The summed E-state index contributed by atoms with van der Waals surface area (Å²) < 4.78 is 22.7. The number of rotatable bonds is 8. The molecule has 0 bridgehead atoms. The molecule has 0 unspecified atom stereocenters. The quantitative estimate of drug-likeness (QED) is 0.345. The zero-order valence-corrected chi connectivity index (χ0v) is 16.2. The maximum Gasteiger partial charge on any atom is 0.295 e. The van der Waals surface area contributed by atoms with Crippen molar-refractivity contribution in [3.63, 3.8) is 0 Å². The Bertz CT molecular complexity index is 1000. The van der Waals surface area contributed by atoms with Gasteiger partial charge in [0, 0.05) is 36.5 Å². The second-order valence-corrected chi connectivity index (χ2v) is 7.33. The SMILES string of the molecule is CCN(CC)c1ccc(/C=N/Nc2ccc(S(N)(=O)=O)cc2[N+](=O)[O-])c(O)c1. The molecule has 0 aromatic heterocycles. The van der Waals surface area contributed by atoms with Crippen LogP contribution < -0.4 is 15.5 Å². The van der Waals surface area contributed by atoms with Crippen LogP contribution in [0.1, 0.15) is 19.4 Å². The number of nitrogens with one attached hydrogen (secondary N) is 1. The lowest BCUT2D eigenvalue weighted by molar-refractivity contribution is -0.384. The largest absolute Gasteiger partial charge is 0.507 e. The Morgan fingerprint density at radius 2 is 1.93 bits per heavy atom. The Labute approximate surface area is 162 Å². The van der Waals surface area contributed by atoms with Gasteiger partial charge in [0.25, 0.3) is 5.69 Å². The molecule has 2 rings (SSSR count). The first-order valence-electron chi connectivity index (χ1n) is 8.35. The van der Waals surface area contributed by atoms with Crippen molar-refractivity contribution >= 4 is 33.3 Å². The highest BCUT2D eigenvalue weighted by atomic mass is 32.2. The highest BCUT2D eigenvalue weighted by molar-refractivity contribution is 7.89. The van der Waals surface area contributed by atoms with E-state index in [0.29, 0.717) is 5.56 Å². The van der Waals surface area contributed by atoms with Crippen molar-refractivity contribution in [1.29, 1.82) is 0 Å². The van der Waals surface area contributed by atoms with Gasteiger partial charge in [-0.15, -0.1) is 0 Å². The standard InChI is InChI=1S/C17H21N5O5S/c1-3-21(4-2)13-6-5-12(17(23)9-13)11-19-20-15-8-7-14(28(18,26)27)10-16(15)22(24)25/h5-11,20,23H,3-4H2,1-2H3,(H2,18,26,27)/b19-11+. The smallest absolute Gasteiger partial charge is 0.295 e. The number of anilines is 2. The van der Waals surface area contributed by atoms with E-state index in [1.807, 2.05) is 19.9 Å². The lowest BCUT2D eigenvalue weighted by atomic mass is 10.2. The Morgan fingerprint density at radius 3 is 2.46 bits per heavy atom. The summed E-state index contributed by atoms with van der Waals surface area (Å²) >= 11 is 0. The van der Waals surface area contributed by atoms with Crippen LogP contribution in [0.25, 0.3) is 0 Å². The van der Waals surface area contributed by atoms with Crippen LogP contribution in [0, 0.1) is 10.1 Å². The van der Waals surface area contributed by atoms with Gasteiger partial charge in [-0.25, -0.2) is 13.6 Å². The number of hydrogen-bond acceptors (Lipinski definition) is 8. The van der Waals surface area contributed by atoms with Crippen LogP contribution in [0.4, 0.5) is 17.1 Å². The summed E-state index contributed by atoms with van der Waals surface area (Å²) in [6, 6.07) is 8.29. The molecule has 0 radical (unpaired) electrons. The first kappa shape index (κ1) is 21.1. The minimum absolute atomic E-state index is 0.00835. The fourth-order valence-corrected chi connectivity index (χ4v) is 3.07. The number of primary sulfonamides is 1. The molecule has 2 aromatic carbocycles. The Hall–Kier alpha value is -3.18. The molecule has 150 valence electrons. The van der Waals surface area contributed by atoms with E-state index in [-0.39, 0.29) is 16.3 Å². The summed E-state index contributed by atoms with van der Waals surface area (Å²) in [4.78, 5) is 12.1. The Kier molecular flexibility index (Phi) is 6.54. The average Bonchev–Trinajstić information content (AvgIpc) is 2.63. The average molecular weight is 407 g/mol. The van der Waals surface area contributed by atoms with Crippen molar-refractivity contribution in [3.05, 3.63) is 52.1 Å². The van der Waals surface area contributed by atoms with Crippen molar-refractivity contribution in [1.82, 2.24) is 0 Å². The third-order valence-corrected chi connectivity index (χ3v) is 4.94. The molecular weight excluding hydrogens is 386 g/mol. The van der Waals surface area contributed by atoms with Gasteiger partial charge < -0.3 is 10.0 Å². The van der Waals surface area contributed by atoms with Crippen molar-refractivity contribution in [2.75, 3.05) is 23.4 Å². The maximum absolute atomic E-state index is 11.3. The van der Waals surface area contributed by atoms with Crippen LogP contribution in [0.3, 0.4) is 0 Å². The minimum atomic E-state index is -4.07. The molecule has 0 saturated carbocycles. The van der Waals surface area contributed by atoms with E-state index in [2.05, 4.69) is 15.4 Å². The second kappa shape index (κ2) is 8.67. The van der Waals surface area contributed by atoms with E-state index in [0.717, 1.165) is 30.9 Å². The number of nitrogens with zero attached hydrogens (tertiary/aromatic N) is 3. The lowest BCUT2D eigenvalue weighted by Gasteiger charge is -2.21. The van der Waals surface area contributed by atoms with Gasteiger partial charge in [-0.3, -0.25) is 15.5 Å². The number of phenols is 1. The molecule has 0 aliphatic heterocycles. The summed E-state index contributed by atoms with van der Waals surface area (Å²) in [5.74, 6) is 0.00835. The zero-order valence-electron chi connectivity index (χ0n) is 15.4. The van der Waals surface area contributed by atoms with E-state index in [1.165, 1.54) is 12.3 Å². The van der Waals surface area contributed by atoms with Gasteiger partial charge in [0.15, 0.2) is 0 Å². The zero-order chi connectivity index (χ0) is 20.9. The highest BCUT2D eigenvalue weighted by Crippen LogP contribution is 2.27. The number of phenolic OH excluding ortho intramolecular Hbond substituents is 1. The van der Waals surface area contributed by atoms with Gasteiger partial charge in [-0.1, -0.05) is 0 Å². The molecule has 0 fully saturated rings. The molecule has 0 aliphatic rings. The van der Waals surface area contributed by atoms with Crippen LogP contribution >= 0.6 is 0 Å². The molecule has 4 N–H and O–H groups in total. The van der Waals surface area contributed by atoms with Crippen molar-refractivity contribution in [3.8, 4) is 5.75 Å². The monoisotopic (exact) mass is 407 g/mol. The second-order valence-electron chi connectivity index (χ2n) is 5.77. The first-order valence-corrected chi connectivity index (χ1v) is 9.90. The predicted octanol–water partition coefficient (Wildman–Crippen LogP) is 2.24. The van der Waals surface area contributed by atoms with Crippen LogP contribution in [0.15, 0.2) is 46.4 Å². The Balaban J connectivity index is 2.24. The number of benzene rings is 2. The fraction of sp³-hybridized carbons (Fsp3) is 0.235. The van der Waals surface area contributed by atoms with Gasteiger partial charge in [0.2, 0.25) is 10.0 Å². The van der Waals surface area contributed by atoms with Crippen LogP contribution in [0.2, 0.25) is 0 Å². The van der Waals surface area contributed by atoms with Crippen molar-refractivity contribution in [2.24, 2.45) is 10.2 Å². The number of nitro benzene ring substituents is 1. The van der Waals surface area contributed by atoms with Crippen LogP contribution in [0.5, 0.6) is 5.75 Å². The van der Waals surface area contributed by atoms with Gasteiger partial charge in [0.05, 0.1) is 16.0 Å². The molecule has 0 atom stereocenters. The molecule has 10 nitrogen and oxygen atoms in total. The van der Waals surface area contributed by atoms with Crippen LogP contribution in [-0.2, 0) is 10.0 Å². The van der Waals surface area contributed by atoms with Crippen molar-refractivity contribution in [2.45, 2.75) is 18.7 Å². The third kappa shape index (κ3) is 4.96. The summed E-state index contributed by atoms with van der Waals surface area (Å²) in [5.41, 5.74) is 3.24. The third-order valence-electron chi connectivity index (χ3n) is 4.03. The van der Waals surface area contributed by atoms with E-state index in [4.69, 9.17) is 5.14 Å². The van der Waals surface area contributed by atoms with Gasteiger partial charge in [-0.05, 0) is 38.1 Å². The summed E-state index contributed by atoms with van der Waals surface area (Å²) in [6.07, 6.45) is 1.30. The molecule has 0 aliphatic carbocycles. The summed E-state index contributed by atoms with van der Waals surface area (Å²) in [7, 11) is -4.07. The minimum Gasteiger partial charge on any atom is -0.507 e. The molecule has 11 heteroatoms. The first-order chi connectivity index (χ1) is 13.2. The molecule has 2 aromatic rings. The molecule has 28 heavy (non-hydrogen) atoms. The number of aromatic hydroxyl groups is 1. The number of nitro groups is 1. The van der Waals surface area contributed by atoms with Gasteiger partial charge in [0.1, 0.15) is 11.4 Å². The maximum atomic E-state index is 11.3. The number of sulfonamides is 1. The number of nitrogens with two attached hydrogens (primary N) is 1. The van der Waals surface area contributed by atoms with Crippen LogP contribution in [-0.4, -0.2) is 37.8 Å². The van der Waals surface area contributed by atoms with E-state index >= 15 is 0 Å². The highest BCUT2D eigenvalue weighted by Gasteiger charge is 2.18. The fourth-order valence-electron chi connectivity index (χ4n) is 2.53. The molecular formula is C17H21N5O5S. The van der Waals surface area contributed by atoms with E-state index < -0.39 is 20.6 Å². The van der Waals surface area contributed by atoms with Gasteiger partial charge >= 0.3 is 0 Å². The lowest BCUT2D eigenvalue weighted by Crippen LogP contribution is -2.21.